The lowest BCUT2D eigenvalue weighted by Crippen LogP contribution is -2.41. The first kappa shape index (κ1) is 18.1. The lowest BCUT2D eigenvalue weighted by atomic mass is 9.97. The molecule has 1 saturated heterocycles. The van der Waals surface area contributed by atoms with Crippen LogP contribution in [0.4, 0.5) is 11.4 Å². The van der Waals surface area contributed by atoms with E-state index in [9.17, 15) is 9.59 Å². The number of nitrogens with two attached hydrogens (primary N) is 1. The molecule has 2 aromatic carbocycles. The number of nitrogens with zero attached hydrogens (tertiary/aromatic N) is 1. The van der Waals surface area contributed by atoms with Crippen LogP contribution in [0.1, 0.15) is 23.2 Å². The highest BCUT2D eigenvalue weighted by Gasteiger charge is 2.24. The van der Waals surface area contributed by atoms with Crippen molar-refractivity contribution in [2.45, 2.75) is 12.8 Å². The first-order valence-corrected chi connectivity index (χ1v) is 8.87. The average Bonchev–Trinajstić information content (AvgIpc) is 2.66. The molecule has 0 aliphatic carbocycles. The molecule has 6 nitrogen and oxygen atoms in total. The Bertz CT molecular complexity index is 794. The van der Waals surface area contributed by atoms with Crippen LogP contribution in [0.2, 0.25) is 5.02 Å². The first-order chi connectivity index (χ1) is 12.5. The molecular formula is C19H21ClN4O2. The van der Waals surface area contributed by atoms with Gasteiger partial charge in [-0.15, -0.1) is 0 Å². The van der Waals surface area contributed by atoms with Gasteiger partial charge < -0.3 is 10.6 Å². The zero-order valence-electron chi connectivity index (χ0n) is 14.2. The maximum atomic E-state index is 12.3. The molecule has 4 N–H and O–H groups in total. The van der Waals surface area contributed by atoms with E-state index in [0.29, 0.717) is 22.8 Å². The number of hydrogen-bond donors (Lipinski definition) is 3. The van der Waals surface area contributed by atoms with Crippen molar-refractivity contribution in [1.82, 2.24) is 5.43 Å². The number of nitrogens with one attached hydrogen (secondary N) is 2. The number of hydrazine groups is 1. The fourth-order valence-corrected chi connectivity index (χ4v) is 3.23. The number of halogens is 1. The summed E-state index contributed by atoms with van der Waals surface area (Å²) >= 11 is 5.91. The normalized spacial score (nSPS) is 16.8. The summed E-state index contributed by atoms with van der Waals surface area (Å²) in [6.07, 6.45) is 1.76. The molecule has 2 aromatic rings. The maximum absolute atomic E-state index is 12.3. The SMILES string of the molecule is NC(=O)[C@H]1CCCN(c2ccc(C(=O)NNc3cccc(Cl)c3)cc2)C1. The van der Waals surface area contributed by atoms with Crippen molar-refractivity contribution in [1.29, 1.82) is 0 Å². The minimum Gasteiger partial charge on any atom is -0.371 e. The van der Waals surface area contributed by atoms with Crippen molar-refractivity contribution >= 4 is 34.8 Å². The van der Waals surface area contributed by atoms with E-state index in [4.69, 9.17) is 17.3 Å². The molecule has 0 bridgehead atoms. The monoisotopic (exact) mass is 372 g/mol. The summed E-state index contributed by atoms with van der Waals surface area (Å²) in [7, 11) is 0. The number of anilines is 2. The van der Waals surface area contributed by atoms with Crippen LogP contribution in [-0.2, 0) is 4.79 Å². The largest absolute Gasteiger partial charge is 0.371 e. The molecule has 0 unspecified atom stereocenters. The van der Waals surface area contributed by atoms with E-state index in [1.165, 1.54) is 0 Å². The molecular weight excluding hydrogens is 352 g/mol. The Balaban J connectivity index is 1.60. The Hall–Kier alpha value is -2.73. The standard InChI is InChI=1S/C19H21ClN4O2/c20-15-4-1-5-16(11-15)22-23-19(26)13-6-8-17(9-7-13)24-10-2-3-14(12-24)18(21)25/h1,4-9,11,14,22H,2-3,10,12H2,(H2,21,25)(H,23,26)/t14-/m0/s1. The fraction of sp³-hybridized carbons (Fsp3) is 0.263. The predicted molar refractivity (Wildman–Crippen MR) is 103 cm³/mol. The molecule has 1 atom stereocenters. The van der Waals surface area contributed by atoms with Crippen LogP contribution < -0.4 is 21.5 Å². The van der Waals surface area contributed by atoms with Gasteiger partial charge in [-0.3, -0.25) is 20.4 Å². The number of carbonyl (C=O) groups excluding carboxylic acids is 2. The van der Waals surface area contributed by atoms with Gasteiger partial charge in [0, 0.05) is 29.4 Å². The Kier molecular flexibility index (Phi) is 5.63. The zero-order chi connectivity index (χ0) is 18.5. The summed E-state index contributed by atoms with van der Waals surface area (Å²) in [4.78, 5) is 25.8. The third kappa shape index (κ3) is 4.46. The third-order valence-corrected chi connectivity index (χ3v) is 4.70. The number of amides is 2. The lowest BCUT2D eigenvalue weighted by Gasteiger charge is -2.33. The van der Waals surface area contributed by atoms with Gasteiger partial charge >= 0.3 is 0 Å². The van der Waals surface area contributed by atoms with Crippen LogP contribution in [0.3, 0.4) is 0 Å². The van der Waals surface area contributed by atoms with Crippen molar-refractivity contribution in [3.05, 3.63) is 59.1 Å². The Morgan fingerprint density at radius 3 is 2.62 bits per heavy atom. The second kappa shape index (κ2) is 8.10. The number of rotatable bonds is 5. The number of hydrogen-bond acceptors (Lipinski definition) is 4. The van der Waals surface area contributed by atoms with Crippen molar-refractivity contribution in [3.8, 4) is 0 Å². The van der Waals surface area contributed by atoms with Crippen molar-refractivity contribution in [2.75, 3.05) is 23.4 Å². The molecule has 26 heavy (non-hydrogen) atoms. The van der Waals surface area contributed by atoms with Gasteiger partial charge in [-0.1, -0.05) is 17.7 Å². The summed E-state index contributed by atoms with van der Waals surface area (Å²) in [6, 6.07) is 14.4. The van der Waals surface area contributed by atoms with E-state index in [1.807, 2.05) is 12.1 Å². The van der Waals surface area contributed by atoms with Gasteiger partial charge in [-0.2, -0.15) is 0 Å². The van der Waals surface area contributed by atoms with E-state index in [1.54, 1.807) is 36.4 Å². The topological polar surface area (TPSA) is 87.5 Å². The average molecular weight is 373 g/mol. The summed E-state index contributed by atoms with van der Waals surface area (Å²) < 4.78 is 0. The van der Waals surface area contributed by atoms with Crippen molar-refractivity contribution < 1.29 is 9.59 Å². The molecule has 0 radical (unpaired) electrons. The van der Waals surface area contributed by atoms with Gasteiger partial charge in [0.2, 0.25) is 5.91 Å². The molecule has 0 aromatic heterocycles. The van der Waals surface area contributed by atoms with Gasteiger partial charge in [0.25, 0.3) is 5.91 Å². The molecule has 136 valence electrons. The van der Waals surface area contributed by atoms with Crippen LogP contribution in [0.15, 0.2) is 48.5 Å². The highest BCUT2D eigenvalue weighted by Crippen LogP contribution is 2.23. The number of carbonyl (C=O) groups is 2. The number of primary amides is 1. The van der Waals surface area contributed by atoms with Crippen LogP contribution in [0.5, 0.6) is 0 Å². The molecule has 1 aliphatic heterocycles. The fourth-order valence-electron chi connectivity index (χ4n) is 3.03. The summed E-state index contributed by atoms with van der Waals surface area (Å²) in [5, 5.41) is 0.587. The molecule has 3 rings (SSSR count). The smallest absolute Gasteiger partial charge is 0.269 e. The Morgan fingerprint density at radius 2 is 1.92 bits per heavy atom. The number of piperidine rings is 1. The van der Waals surface area contributed by atoms with E-state index in [0.717, 1.165) is 25.1 Å². The van der Waals surface area contributed by atoms with Crippen molar-refractivity contribution in [2.24, 2.45) is 11.7 Å². The third-order valence-electron chi connectivity index (χ3n) is 4.46. The lowest BCUT2D eigenvalue weighted by molar-refractivity contribution is -0.122. The zero-order valence-corrected chi connectivity index (χ0v) is 15.0. The van der Waals surface area contributed by atoms with E-state index >= 15 is 0 Å². The van der Waals surface area contributed by atoms with E-state index in [2.05, 4.69) is 15.8 Å². The highest BCUT2D eigenvalue weighted by atomic mass is 35.5. The van der Waals surface area contributed by atoms with Crippen LogP contribution in [0, 0.1) is 5.92 Å². The molecule has 0 saturated carbocycles. The Labute approximate surface area is 157 Å². The molecule has 1 fully saturated rings. The summed E-state index contributed by atoms with van der Waals surface area (Å²) in [5.74, 6) is -0.614. The van der Waals surface area contributed by atoms with Crippen LogP contribution >= 0.6 is 11.6 Å². The minimum absolute atomic E-state index is 0.117. The molecule has 1 heterocycles. The highest BCUT2D eigenvalue weighted by molar-refractivity contribution is 6.30. The van der Waals surface area contributed by atoms with E-state index < -0.39 is 0 Å². The van der Waals surface area contributed by atoms with Crippen LogP contribution in [-0.4, -0.2) is 24.9 Å². The van der Waals surface area contributed by atoms with Crippen LogP contribution in [0.25, 0.3) is 0 Å². The Morgan fingerprint density at radius 1 is 1.15 bits per heavy atom. The molecule has 2 amide bonds. The maximum Gasteiger partial charge on any atom is 0.269 e. The predicted octanol–water partition coefficient (Wildman–Crippen LogP) is 2.80. The van der Waals surface area contributed by atoms with E-state index in [-0.39, 0.29) is 17.7 Å². The molecule has 7 heteroatoms. The summed E-state index contributed by atoms with van der Waals surface area (Å²) in [6.45, 7) is 1.50. The summed E-state index contributed by atoms with van der Waals surface area (Å²) in [5.41, 5.74) is 13.1. The molecule has 0 spiro atoms. The van der Waals surface area contributed by atoms with Gasteiger partial charge in [0.05, 0.1) is 11.6 Å². The quantitative estimate of drug-likeness (QED) is 0.704. The van der Waals surface area contributed by atoms with Gasteiger partial charge in [0.1, 0.15) is 0 Å². The van der Waals surface area contributed by atoms with Gasteiger partial charge in [-0.05, 0) is 55.3 Å². The second-order valence-electron chi connectivity index (χ2n) is 6.32. The second-order valence-corrected chi connectivity index (χ2v) is 6.76. The molecule has 1 aliphatic rings. The van der Waals surface area contributed by atoms with Gasteiger partial charge in [-0.25, -0.2) is 0 Å². The minimum atomic E-state index is -0.252. The number of benzene rings is 2. The van der Waals surface area contributed by atoms with Gasteiger partial charge in [0.15, 0.2) is 0 Å². The van der Waals surface area contributed by atoms with Crippen molar-refractivity contribution in [3.63, 3.8) is 0 Å². The first-order valence-electron chi connectivity index (χ1n) is 8.49.